The highest BCUT2D eigenvalue weighted by atomic mass is 32.2. The number of sulfonamides is 1. The van der Waals surface area contributed by atoms with Crippen LogP contribution in [0, 0.1) is 5.92 Å². The molecular formula is C18H26N2O3S. The summed E-state index contributed by atoms with van der Waals surface area (Å²) in [4.78, 5) is 12.8. The van der Waals surface area contributed by atoms with Gasteiger partial charge in [0.1, 0.15) is 0 Å². The third-order valence-electron chi connectivity index (χ3n) is 5.52. The van der Waals surface area contributed by atoms with E-state index in [-0.39, 0.29) is 23.3 Å². The van der Waals surface area contributed by atoms with Gasteiger partial charge in [0.2, 0.25) is 15.9 Å². The molecule has 3 rings (SSSR count). The summed E-state index contributed by atoms with van der Waals surface area (Å²) in [5, 5.41) is 3.11. The lowest BCUT2D eigenvalue weighted by Crippen LogP contribution is -2.51. The van der Waals surface area contributed by atoms with Gasteiger partial charge >= 0.3 is 0 Å². The molecule has 2 aliphatic rings. The number of hydrogen-bond donors (Lipinski definition) is 2. The topological polar surface area (TPSA) is 75.3 Å². The molecule has 2 aliphatic carbocycles. The molecule has 132 valence electrons. The lowest BCUT2D eigenvalue weighted by molar-refractivity contribution is -0.130. The summed E-state index contributed by atoms with van der Waals surface area (Å²) in [6, 6.07) is 9.92. The maximum absolute atomic E-state index is 12.8. The van der Waals surface area contributed by atoms with E-state index < -0.39 is 10.0 Å². The van der Waals surface area contributed by atoms with Crippen molar-refractivity contribution in [2.75, 3.05) is 12.8 Å². The molecule has 0 saturated heterocycles. The number of carbonyl (C=O) groups excluding carboxylic acids is 1. The second kappa shape index (κ2) is 6.84. The van der Waals surface area contributed by atoms with E-state index in [9.17, 15) is 13.2 Å². The van der Waals surface area contributed by atoms with E-state index in [0.29, 0.717) is 6.54 Å². The van der Waals surface area contributed by atoms with Gasteiger partial charge in [-0.25, -0.2) is 13.1 Å². The van der Waals surface area contributed by atoms with E-state index in [2.05, 4.69) is 10.0 Å². The third-order valence-corrected chi connectivity index (χ3v) is 6.25. The van der Waals surface area contributed by atoms with Crippen LogP contribution in [-0.2, 0) is 20.2 Å². The normalized spacial score (nSPS) is 25.9. The quantitative estimate of drug-likeness (QED) is 0.823. The van der Waals surface area contributed by atoms with Crippen LogP contribution in [0.15, 0.2) is 30.3 Å². The second-order valence-electron chi connectivity index (χ2n) is 7.20. The van der Waals surface area contributed by atoms with Crippen molar-refractivity contribution in [3.05, 3.63) is 35.9 Å². The molecule has 5 nitrogen and oxygen atoms in total. The predicted molar refractivity (Wildman–Crippen MR) is 94.1 cm³/mol. The van der Waals surface area contributed by atoms with E-state index in [4.69, 9.17) is 0 Å². The zero-order valence-electron chi connectivity index (χ0n) is 14.1. The summed E-state index contributed by atoms with van der Waals surface area (Å²) in [5.74, 6) is 0.265. The molecule has 0 spiro atoms. The van der Waals surface area contributed by atoms with Crippen LogP contribution >= 0.6 is 0 Å². The van der Waals surface area contributed by atoms with E-state index in [1.807, 2.05) is 30.3 Å². The van der Waals surface area contributed by atoms with Gasteiger partial charge in [0.15, 0.2) is 0 Å². The molecule has 0 bridgehead atoms. The molecule has 1 amide bonds. The van der Waals surface area contributed by atoms with E-state index >= 15 is 0 Å². The van der Waals surface area contributed by atoms with Crippen molar-refractivity contribution in [3.63, 3.8) is 0 Å². The summed E-state index contributed by atoms with van der Waals surface area (Å²) < 4.78 is 25.7. The first-order valence-electron chi connectivity index (χ1n) is 8.72. The Kier molecular flexibility index (Phi) is 4.97. The van der Waals surface area contributed by atoms with Gasteiger partial charge < -0.3 is 5.32 Å². The standard InChI is InChI=1S/C18H26N2O3S/c1-24(22,23)20-16-10-5-7-14(16)13-19-17(21)18(11-6-12-18)15-8-3-2-4-9-15/h2-4,8-9,14,16,20H,5-7,10-13H2,1H3,(H,19,21). The van der Waals surface area contributed by atoms with E-state index in [1.165, 1.54) is 6.26 Å². The molecule has 0 heterocycles. The van der Waals surface area contributed by atoms with Gasteiger partial charge in [-0.3, -0.25) is 4.79 Å². The lowest BCUT2D eigenvalue weighted by Gasteiger charge is -2.41. The van der Waals surface area contributed by atoms with Crippen LogP contribution in [0.25, 0.3) is 0 Å². The minimum Gasteiger partial charge on any atom is -0.355 e. The fourth-order valence-corrected chi connectivity index (χ4v) is 4.90. The molecule has 2 unspecified atom stereocenters. The highest BCUT2D eigenvalue weighted by Crippen LogP contribution is 2.44. The van der Waals surface area contributed by atoms with Crippen LogP contribution < -0.4 is 10.0 Å². The van der Waals surface area contributed by atoms with Gasteiger partial charge in [0, 0.05) is 12.6 Å². The first kappa shape index (κ1) is 17.4. The van der Waals surface area contributed by atoms with Crippen molar-refractivity contribution in [1.29, 1.82) is 0 Å². The minimum atomic E-state index is -3.21. The molecule has 24 heavy (non-hydrogen) atoms. The van der Waals surface area contributed by atoms with Crippen molar-refractivity contribution in [3.8, 4) is 0 Å². The number of nitrogens with one attached hydrogen (secondary N) is 2. The molecule has 2 fully saturated rings. The predicted octanol–water partition coefficient (Wildman–Crippen LogP) is 1.94. The average Bonchev–Trinajstić information content (AvgIpc) is 2.90. The highest BCUT2D eigenvalue weighted by Gasteiger charge is 2.45. The first-order chi connectivity index (χ1) is 11.4. The average molecular weight is 350 g/mol. The smallest absolute Gasteiger partial charge is 0.230 e. The summed E-state index contributed by atoms with van der Waals surface area (Å²) in [5.41, 5.74) is 0.700. The van der Waals surface area contributed by atoms with Gasteiger partial charge in [-0.1, -0.05) is 43.2 Å². The van der Waals surface area contributed by atoms with Crippen molar-refractivity contribution >= 4 is 15.9 Å². The third kappa shape index (κ3) is 3.64. The Morgan fingerprint density at radius 1 is 1.17 bits per heavy atom. The van der Waals surface area contributed by atoms with Crippen LogP contribution in [0.3, 0.4) is 0 Å². The molecule has 0 radical (unpaired) electrons. The summed E-state index contributed by atoms with van der Waals surface area (Å²) in [7, 11) is -3.21. The van der Waals surface area contributed by atoms with Gasteiger partial charge in [-0.15, -0.1) is 0 Å². The van der Waals surface area contributed by atoms with Crippen LogP contribution in [0.2, 0.25) is 0 Å². The van der Waals surface area contributed by atoms with Crippen molar-refractivity contribution in [1.82, 2.24) is 10.0 Å². The Labute approximate surface area is 144 Å². The van der Waals surface area contributed by atoms with E-state index in [0.717, 1.165) is 44.1 Å². The number of benzene rings is 1. The number of rotatable bonds is 6. The molecule has 1 aromatic carbocycles. The molecular weight excluding hydrogens is 324 g/mol. The summed E-state index contributed by atoms with van der Waals surface area (Å²) >= 11 is 0. The Morgan fingerprint density at radius 2 is 1.88 bits per heavy atom. The number of hydrogen-bond acceptors (Lipinski definition) is 3. The molecule has 0 aliphatic heterocycles. The molecule has 2 atom stereocenters. The fraction of sp³-hybridized carbons (Fsp3) is 0.611. The minimum absolute atomic E-state index is 0.0608. The van der Waals surface area contributed by atoms with E-state index in [1.54, 1.807) is 0 Å². The SMILES string of the molecule is CS(=O)(=O)NC1CCCC1CNC(=O)C1(c2ccccc2)CCC1. The van der Waals surface area contributed by atoms with Gasteiger partial charge in [0.05, 0.1) is 11.7 Å². The Hall–Kier alpha value is -1.40. The fourth-order valence-electron chi connectivity index (χ4n) is 4.04. The van der Waals surface area contributed by atoms with Crippen molar-refractivity contribution in [2.24, 2.45) is 5.92 Å². The maximum Gasteiger partial charge on any atom is 0.230 e. The monoisotopic (exact) mass is 350 g/mol. The first-order valence-corrected chi connectivity index (χ1v) is 10.6. The molecule has 0 aromatic heterocycles. The Balaban J connectivity index is 1.62. The highest BCUT2D eigenvalue weighted by molar-refractivity contribution is 7.88. The van der Waals surface area contributed by atoms with Gasteiger partial charge in [-0.2, -0.15) is 0 Å². The summed E-state index contributed by atoms with van der Waals surface area (Å²) in [6.07, 6.45) is 6.83. The zero-order chi connectivity index (χ0) is 17.2. The van der Waals surface area contributed by atoms with Crippen LogP contribution in [0.4, 0.5) is 0 Å². The van der Waals surface area contributed by atoms with Crippen LogP contribution in [0.1, 0.15) is 44.1 Å². The molecule has 1 aromatic rings. The van der Waals surface area contributed by atoms with Gasteiger partial charge in [0.25, 0.3) is 0 Å². The lowest BCUT2D eigenvalue weighted by atomic mass is 9.64. The molecule has 2 saturated carbocycles. The summed E-state index contributed by atoms with van der Waals surface area (Å²) in [6.45, 7) is 0.542. The maximum atomic E-state index is 12.8. The Morgan fingerprint density at radius 3 is 2.46 bits per heavy atom. The Bertz CT molecular complexity index is 683. The number of carbonyl (C=O) groups is 1. The van der Waals surface area contributed by atoms with Crippen molar-refractivity contribution in [2.45, 2.75) is 50.0 Å². The van der Waals surface area contributed by atoms with Crippen LogP contribution in [0.5, 0.6) is 0 Å². The molecule has 2 N–H and O–H groups in total. The largest absolute Gasteiger partial charge is 0.355 e. The van der Waals surface area contributed by atoms with Crippen molar-refractivity contribution < 1.29 is 13.2 Å². The second-order valence-corrected chi connectivity index (χ2v) is 8.98. The van der Waals surface area contributed by atoms with Gasteiger partial charge in [-0.05, 0) is 37.2 Å². The number of amides is 1. The zero-order valence-corrected chi connectivity index (χ0v) is 14.9. The molecule has 6 heteroatoms. The van der Waals surface area contributed by atoms with Crippen LogP contribution in [-0.4, -0.2) is 33.2 Å².